The number of hydrogen-bond donors (Lipinski definition) is 1. The summed E-state index contributed by atoms with van der Waals surface area (Å²) < 4.78 is 5.58. The summed E-state index contributed by atoms with van der Waals surface area (Å²) in [7, 11) is 1.53. The van der Waals surface area contributed by atoms with Crippen LogP contribution >= 0.6 is 35.3 Å². The number of hydrogen-bond acceptors (Lipinski definition) is 6. The number of thioether (sulfide) groups is 1. The molecule has 1 aliphatic rings. The molecule has 1 aliphatic heterocycles. The van der Waals surface area contributed by atoms with Crippen molar-refractivity contribution in [3.05, 3.63) is 51.6 Å². The Hall–Kier alpha value is -2.16. The predicted octanol–water partition coefficient (Wildman–Crippen LogP) is 3.60. The summed E-state index contributed by atoms with van der Waals surface area (Å²) in [6.07, 6.45) is 1.79. The van der Waals surface area contributed by atoms with E-state index in [1.807, 2.05) is 23.6 Å². The van der Waals surface area contributed by atoms with Crippen LogP contribution < -0.4 is 10.1 Å². The number of nitrogens with one attached hydrogen (secondary N) is 1. The molecule has 0 aliphatic carbocycles. The number of carbonyl (C=O) groups is 2. The Morgan fingerprint density at radius 3 is 2.84 bits per heavy atom. The first-order valence-corrected chi connectivity index (χ1v) is 9.40. The van der Waals surface area contributed by atoms with Gasteiger partial charge < -0.3 is 10.1 Å². The molecule has 0 bridgehead atoms. The lowest BCUT2D eigenvalue weighted by Crippen LogP contribution is -2.36. The maximum Gasteiger partial charge on any atom is 0.266 e. The molecular weight excluding hydrogens is 376 g/mol. The van der Waals surface area contributed by atoms with Crippen LogP contribution in [0.15, 0.2) is 46.7 Å². The second-order valence-electron chi connectivity index (χ2n) is 5.03. The fraction of sp³-hybridized carbons (Fsp3) is 0.118. The highest BCUT2D eigenvalue weighted by molar-refractivity contribution is 8.26. The Morgan fingerprint density at radius 2 is 2.12 bits per heavy atom. The van der Waals surface area contributed by atoms with Gasteiger partial charge in [0, 0.05) is 4.88 Å². The van der Waals surface area contributed by atoms with Crippen LogP contribution in [0.5, 0.6) is 5.75 Å². The molecule has 25 heavy (non-hydrogen) atoms. The van der Waals surface area contributed by atoms with Gasteiger partial charge in [0.2, 0.25) is 5.91 Å². The number of carbonyl (C=O) groups excluding carboxylic acids is 2. The topological polar surface area (TPSA) is 58.6 Å². The highest BCUT2D eigenvalue weighted by Gasteiger charge is 2.33. The Balaban J connectivity index is 1.69. The number of thiophene rings is 1. The number of benzene rings is 1. The van der Waals surface area contributed by atoms with Crippen LogP contribution in [0.1, 0.15) is 4.88 Å². The first-order valence-electron chi connectivity index (χ1n) is 7.30. The van der Waals surface area contributed by atoms with Gasteiger partial charge in [0.1, 0.15) is 16.6 Å². The molecule has 2 aromatic rings. The van der Waals surface area contributed by atoms with Crippen LogP contribution in [-0.4, -0.2) is 34.7 Å². The van der Waals surface area contributed by atoms with Crippen molar-refractivity contribution in [2.45, 2.75) is 0 Å². The molecule has 1 aromatic carbocycles. The highest BCUT2D eigenvalue weighted by atomic mass is 32.2. The standard InChI is InChI=1S/C17H14N2O3S3/c1-22-13-7-3-2-6-12(13)18-15(20)10-19-16(21)14(25-17(19)23)9-11-5-4-8-24-11/h2-9H,10H2,1H3,(H,18,20). The molecule has 0 radical (unpaired) electrons. The second kappa shape index (κ2) is 7.81. The molecule has 1 aromatic heterocycles. The lowest BCUT2D eigenvalue weighted by Gasteiger charge is -2.15. The van der Waals surface area contributed by atoms with Crippen molar-refractivity contribution in [2.24, 2.45) is 0 Å². The third-order valence-electron chi connectivity index (χ3n) is 3.37. The largest absolute Gasteiger partial charge is 0.495 e. The van der Waals surface area contributed by atoms with Gasteiger partial charge in [0.25, 0.3) is 5.91 Å². The molecule has 5 nitrogen and oxygen atoms in total. The van der Waals surface area contributed by atoms with Gasteiger partial charge in [-0.25, -0.2) is 0 Å². The highest BCUT2D eigenvalue weighted by Crippen LogP contribution is 2.33. The van der Waals surface area contributed by atoms with Crippen LogP contribution in [0.2, 0.25) is 0 Å². The van der Waals surface area contributed by atoms with E-state index in [1.165, 1.54) is 35.1 Å². The fourth-order valence-electron chi connectivity index (χ4n) is 2.22. The van der Waals surface area contributed by atoms with E-state index in [0.29, 0.717) is 20.7 Å². The van der Waals surface area contributed by atoms with Gasteiger partial charge >= 0.3 is 0 Å². The number of thiocarbonyl (C=S) groups is 1. The molecule has 0 saturated carbocycles. The third kappa shape index (κ3) is 4.09. The smallest absolute Gasteiger partial charge is 0.266 e. The van der Waals surface area contributed by atoms with Crippen molar-refractivity contribution < 1.29 is 14.3 Å². The number of para-hydroxylation sites is 2. The lowest BCUT2D eigenvalue weighted by molar-refractivity contribution is -0.126. The number of methoxy groups -OCH3 is 1. The zero-order chi connectivity index (χ0) is 17.8. The quantitative estimate of drug-likeness (QED) is 0.624. The molecule has 0 unspecified atom stereocenters. The first-order chi connectivity index (χ1) is 12.1. The Morgan fingerprint density at radius 1 is 1.32 bits per heavy atom. The van der Waals surface area contributed by atoms with Gasteiger partial charge in [0.15, 0.2) is 0 Å². The summed E-state index contributed by atoms with van der Waals surface area (Å²) in [5.74, 6) is -0.0319. The zero-order valence-corrected chi connectivity index (χ0v) is 15.7. The maximum atomic E-state index is 12.5. The SMILES string of the molecule is COc1ccccc1NC(=O)CN1C(=O)C(=Cc2cccs2)SC1=S. The van der Waals surface area contributed by atoms with E-state index in [1.54, 1.807) is 24.3 Å². The average Bonchev–Trinajstić information content (AvgIpc) is 3.20. The summed E-state index contributed by atoms with van der Waals surface area (Å²) in [4.78, 5) is 27.6. The van der Waals surface area contributed by atoms with E-state index in [-0.39, 0.29) is 18.4 Å². The lowest BCUT2D eigenvalue weighted by atomic mass is 10.3. The summed E-state index contributed by atoms with van der Waals surface area (Å²) in [5, 5.41) is 4.68. The van der Waals surface area contributed by atoms with Gasteiger partial charge in [-0.15, -0.1) is 11.3 Å². The summed E-state index contributed by atoms with van der Waals surface area (Å²) in [6, 6.07) is 10.9. The molecule has 8 heteroatoms. The van der Waals surface area contributed by atoms with E-state index in [2.05, 4.69) is 5.32 Å². The van der Waals surface area contributed by atoms with E-state index in [4.69, 9.17) is 17.0 Å². The molecule has 0 spiro atoms. The van der Waals surface area contributed by atoms with Gasteiger partial charge in [-0.1, -0.05) is 42.2 Å². The summed E-state index contributed by atoms with van der Waals surface area (Å²) in [5.41, 5.74) is 0.551. The van der Waals surface area contributed by atoms with E-state index in [9.17, 15) is 9.59 Å². The van der Waals surface area contributed by atoms with Crippen molar-refractivity contribution in [1.29, 1.82) is 0 Å². The minimum atomic E-state index is -0.335. The van der Waals surface area contributed by atoms with E-state index in [0.717, 1.165) is 4.88 Å². The predicted molar refractivity (Wildman–Crippen MR) is 106 cm³/mol. The van der Waals surface area contributed by atoms with Gasteiger partial charge in [0.05, 0.1) is 17.7 Å². The Labute approximate surface area is 158 Å². The van der Waals surface area contributed by atoms with Crippen molar-refractivity contribution in [3.63, 3.8) is 0 Å². The molecule has 3 rings (SSSR count). The van der Waals surface area contributed by atoms with Gasteiger partial charge in [-0.05, 0) is 29.7 Å². The minimum absolute atomic E-state index is 0.134. The van der Waals surface area contributed by atoms with E-state index >= 15 is 0 Å². The van der Waals surface area contributed by atoms with Crippen molar-refractivity contribution in [3.8, 4) is 5.75 Å². The number of amides is 2. The molecule has 1 fully saturated rings. The van der Waals surface area contributed by atoms with E-state index < -0.39 is 0 Å². The second-order valence-corrected chi connectivity index (χ2v) is 7.69. The van der Waals surface area contributed by atoms with Crippen molar-refractivity contribution in [2.75, 3.05) is 19.0 Å². The van der Waals surface area contributed by atoms with Crippen LogP contribution in [0.25, 0.3) is 6.08 Å². The van der Waals surface area contributed by atoms with Crippen LogP contribution in [-0.2, 0) is 9.59 Å². The molecule has 2 heterocycles. The fourth-order valence-corrected chi connectivity index (χ4v) is 4.20. The van der Waals surface area contributed by atoms with Crippen LogP contribution in [0.4, 0.5) is 5.69 Å². The van der Waals surface area contributed by atoms with Crippen molar-refractivity contribution in [1.82, 2.24) is 4.90 Å². The molecule has 1 saturated heterocycles. The number of anilines is 1. The third-order valence-corrected chi connectivity index (χ3v) is 5.57. The summed E-state index contributed by atoms with van der Waals surface area (Å²) >= 11 is 7.99. The molecule has 0 atom stereocenters. The average molecular weight is 391 g/mol. The maximum absolute atomic E-state index is 12.5. The zero-order valence-electron chi connectivity index (χ0n) is 13.2. The number of rotatable bonds is 5. The van der Waals surface area contributed by atoms with Crippen LogP contribution in [0, 0.1) is 0 Å². The Bertz CT molecular complexity index is 847. The normalized spacial score (nSPS) is 15.7. The van der Waals surface area contributed by atoms with Crippen molar-refractivity contribution >= 4 is 63.2 Å². The summed E-state index contributed by atoms with van der Waals surface area (Å²) in [6.45, 7) is -0.134. The monoisotopic (exact) mass is 390 g/mol. The number of ether oxygens (including phenoxy) is 1. The van der Waals surface area contributed by atoms with Gasteiger partial charge in [-0.2, -0.15) is 0 Å². The molecule has 1 N–H and O–H groups in total. The molecular formula is C17H14N2O3S3. The molecule has 128 valence electrons. The van der Waals surface area contributed by atoms with Crippen LogP contribution in [0.3, 0.4) is 0 Å². The Kier molecular flexibility index (Phi) is 5.52. The molecule has 2 amide bonds. The first kappa shape index (κ1) is 17.7. The minimum Gasteiger partial charge on any atom is -0.495 e. The van der Waals surface area contributed by atoms with Gasteiger partial charge in [-0.3, -0.25) is 14.5 Å². The number of nitrogens with zero attached hydrogens (tertiary/aromatic N) is 1.